The van der Waals surface area contributed by atoms with Crippen molar-refractivity contribution in [3.63, 3.8) is 0 Å². The maximum absolute atomic E-state index is 12.2. The summed E-state index contributed by atoms with van der Waals surface area (Å²) in [5, 5.41) is 9.64. The second-order valence-corrected chi connectivity index (χ2v) is 5.23. The molecule has 0 aromatic heterocycles. The maximum Gasteiger partial charge on any atom is 0.335 e. The van der Waals surface area contributed by atoms with E-state index in [1.165, 1.54) is 18.2 Å². The predicted octanol–water partition coefficient (Wildman–Crippen LogP) is 2.42. The molecule has 0 unspecified atom stereocenters. The van der Waals surface area contributed by atoms with Gasteiger partial charge in [-0.1, -0.05) is 29.8 Å². The summed E-state index contributed by atoms with van der Waals surface area (Å²) in [6.07, 6.45) is 0. The Labute approximate surface area is 131 Å². The Morgan fingerprint density at radius 1 is 1.04 bits per heavy atom. The number of hydrogen-bond donors (Lipinski definition) is 1. The van der Waals surface area contributed by atoms with Crippen LogP contribution in [-0.2, 0) is 11.4 Å². The highest BCUT2D eigenvalue weighted by atomic mass is 16.7. The van der Waals surface area contributed by atoms with Crippen LogP contribution in [-0.4, -0.2) is 28.0 Å². The maximum atomic E-state index is 12.2. The van der Waals surface area contributed by atoms with Gasteiger partial charge in [-0.25, -0.2) is 4.79 Å². The van der Waals surface area contributed by atoms with Gasteiger partial charge < -0.3 is 5.11 Å². The summed E-state index contributed by atoms with van der Waals surface area (Å²) in [6.45, 7) is 2.02. The van der Waals surface area contributed by atoms with Crippen molar-refractivity contribution in [1.29, 1.82) is 0 Å². The molecule has 0 saturated heterocycles. The highest BCUT2D eigenvalue weighted by molar-refractivity contribution is 6.21. The topological polar surface area (TPSA) is 83.9 Å². The Morgan fingerprint density at radius 3 is 2.35 bits per heavy atom. The summed E-state index contributed by atoms with van der Waals surface area (Å²) >= 11 is 0. The number of carbonyl (C=O) groups excluding carboxylic acids is 2. The number of benzene rings is 2. The van der Waals surface area contributed by atoms with Crippen LogP contribution in [0.15, 0.2) is 42.5 Å². The van der Waals surface area contributed by atoms with Crippen LogP contribution in [0.1, 0.15) is 42.2 Å². The number of imide groups is 1. The number of carbonyl (C=O) groups is 3. The Balaban J connectivity index is 1.79. The van der Waals surface area contributed by atoms with E-state index >= 15 is 0 Å². The standard InChI is InChI=1S/C17H13NO5/c1-10-2-4-11(5-3-10)9-23-18-15(19)13-7-6-12(17(21)22)8-14(13)16(18)20/h2-8H,9H2,1H3,(H,21,22). The zero-order valence-corrected chi connectivity index (χ0v) is 12.3. The number of rotatable bonds is 4. The van der Waals surface area contributed by atoms with Crippen molar-refractivity contribution < 1.29 is 24.3 Å². The number of aromatic carboxylic acids is 1. The van der Waals surface area contributed by atoms with E-state index in [0.29, 0.717) is 5.06 Å². The average Bonchev–Trinajstić information content (AvgIpc) is 2.78. The number of aryl methyl sites for hydroxylation is 1. The lowest BCUT2D eigenvalue weighted by Crippen LogP contribution is -2.29. The fraction of sp³-hybridized carbons (Fsp3) is 0.118. The first-order valence-corrected chi connectivity index (χ1v) is 6.92. The molecule has 116 valence electrons. The average molecular weight is 311 g/mol. The summed E-state index contributed by atoms with van der Waals surface area (Å²) in [5.41, 5.74) is 2.04. The number of nitrogens with zero attached hydrogens (tertiary/aromatic N) is 1. The van der Waals surface area contributed by atoms with Gasteiger partial charge in [0.1, 0.15) is 6.61 Å². The largest absolute Gasteiger partial charge is 0.478 e. The van der Waals surface area contributed by atoms with Gasteiger partial charge in [0.15, 0.2) is 0 Å². The first-order valence-electron chi connectivity index (χ1n) is 6.92. The van der Waals surface area contributed by atoms with E-state index in [2.05, 4.69) is 0 Å². The quantitative estimate of drug-likeness (QED) is 0.877. The normalized spacial score (nSPS) is 13.3. The Hall–Kier alpha value is -2.99. The van der Waals surface area contributed by atoms with Crippen molar-refractivity contribution in [3.05, 3.63) is 70.3 Å². The molecule has 6 nitrogen and oxygen atoms in total. The van der Waals surface area contributed by atoms with Gasteiger partial charge in [0, 0.05) is 0 Å². The monoisotopic (exact) mass is 311 g/mol. The van der Waals surface area contributed by atoms with Crippen LogP contribution in [0.25, 0.3) is 0 Å². The molecule has 0 spiro atoms. The lowest BCUT2D eigenvalue weighted by molar-refractivity contribution is -0.101. The fourth-order valence-corrected chi connectivity index (χ4v) is 2.29. The van der Waals surface area contributed by atoms with Crippen LogP contribution in [0, 0.1) is 6.92 Å². The molecule has 0 radical (unpaired) electrons. The lowest BCUT2D eigenvalue weighted by Gasteiger charge is -2.13. The van der Waals surface area contributed by atoms with Gasteiger partial charge >= 0.3 is 5.97 Å². The molecule has 1 aliphatic heterocycles. The molecule has 0 atom stereocenters. The third-order valence-electron chi connectivity index (χ3n) is 3.58. The molecular formula is C17H13NO5. The Morgan fingerprint density at radius 2 is 1.70 bits per heavy atom. The van der Waals surface area contributed by atoms with Crippen molar-refractivity contribution in [2.45, 2.75) is 13.5 Å². The zero-order chi connectivity index (χ0) is 16.6. The van der Waals surface area contributed by atoms with E-state index in [0.717, 1.165) is 11.1 Å². The summed E-state index contributed by atoms with van der Waals surface area (Å²) < 4.78 is 0. The summed E-state index contributed by atoms with van der Waals surface area (Å²) in [6, 6.07) is 11.3. The molecule has 2 amide bonds. The van der Waals surface area contributed by atoms with Crippen molar-refractivity contribution in [2.24, 2.45) is 0 Å². The second-order valence-electron chi connectivity index (χ2n) is 5.23. The van der Waals surface area contributed by atoms with Crippen LogP contribution >= 0.6 is 0 Å². The first-order chi connectivity index (χ1) is 11.0. The minimum atomic E-state index is -1.16. The molecule has 1 heterocycles. The smallest absolute Gasteiger partial charge is 0.335 e. The van der Waals surface area contributed by atoms with E-state index in [9.17, 15) is 14.4 Å². The van der Waals surface area contributed by atoms with Gasteiger partial charge in [-0.3, -0.25) is 14.4 Å². The van der Waals surface area contributed by atoms with E-state index in [-0.39, 0.29) is 23.3 Å². The van der Waals surface area contributed by atoms with Crippen molar-refractivity contribution in [3.8, 4) is 0 Å². The van der Waals surface area contributed by atoms with Crippen molar-refractivity contribution in [1.82, 2.24) is 5.06 Å². The molecule has 2 aromatic carbocycles. The molecule has 23 heavy (non-hydrogen) atoms. The first kappa shape index (κ1) is 14.9. The molecule has 3 rings (SSSR count). The minimum absolute atomic E-state index is 0.0406. The number of carboxylic acids is 1. The van der Waals surface area contributed by atoms with Crippen LogP contribution in [0.4, 0.5) is 0 Å². The molecule has 6 heteroatoms. The molecule has 0 bridgehead atoms. The third-order valence-corrected chi connectivity index (χ3v) is 3.58. The molecular weight excluding hydrogens is 298 g/mol. The number of hydroxylamine groups is 2. The second kappa shape index (κ2) is 5.66. The van der Waals surface area contributed by atoms with Crippen LogP contribution in [0.3, 0.4) is 0 Å². The van der Waals surface area contributed by atoms with Gasteiger partial charge in [0.05, 0.1) is 16.7 Å². The minimum Gasteiger partial charge on any atom is -0.478 e. The third kappa shape index (κ3) is 2.72. The number of fused-ring (bicyclic) bond motifs is 1. The number of amides is 2. The van der Waals surface area contributed by atoms with Crippen LogP contribution < -0.4 is 0 Å². The van der Waals surface area contributed by atoms with Crippen LogP contribution in [0.2, 0.25) is 0 Å². The summed E-state index contributed by atoms with van der Waals surface area (Å²) in [7, 11) is 0. The lowest BCUT2D eigenvalue weighted by atomic mass is 10.1. The van der Waals surface area contributed by atoms with Gasteiger partial charge in [-0.05, 0) is 30.7 Å². The number of carboxylic acid groups (broad SMARTS) is 1. The Bertz CT molecular complexity index is 810. The highest BCUT2D eigenvalue weighted by Crippen LogP contribution is 2.25. The SMILES string of the molecule is Cc1ccc(CON2C(=O)c3ccc(C(=O)O)cc3C2=O)cc1. The summed E-state index contributed by atoms with van der Waals surface area (Å²) in [4.78, 5) is 40.7. The van der Waals surface area contributed by atoms with E-state index < -0.39 is 17.8 Å². The van der Waals surface area contributed by atoms with Gasteiger partial charge in [0.2, 0.25) is 0 Å². The van der Waals surface area contributed by atoms with Crippen LogP contribution in [0.5, 0.6) is 0 Å². The molecule has 0 saturated carbocycles. The van der Waals surface area contributed by atoms with E-state index in [4.69, 9.17) is 9.94 Å². The van der Waals surface area contributed by atoms with Crippen molar-refractivity contribution in [2.75, 3.05) is 0 Å². The van der Waals surface area contributed by atoms with E-state index in [1.807, 2.05) is 31.2 Å². The predicted molar refractivity (Wildman–Crippen MR) is 79.9 cm³/mol. The molecule has 0 aliphatic carbocycles. The van der Waals surface area contributed by atoms with E-state index in [1.54, 1.807) is 0 Å². The highest BCUT2D eigenvalue weighted by Gasteiger charge is 2.37. The summed E-state index contributed by atoms with van der Waals surface area (Å²) in [5.74, 6) is -2.40. The van der Waals surface area contributed by atoms with Crippen molar-refractivity contribution >= 4 is 17.8 Å². The zero-order valence-electron chi connectivity index (χ0n) is 12.3. The van der Waals surface area contributed by atoms with Gasteiger partial charge in [0.25, 0.3) is 11.8 Å². The van der Waals surface area contributed by atoms with Gasteiger partial charge in [-0.2, -0.15) is 0 Å². The Kier molecular flexibility index (Phi) is 3.67. The fourth-order valence-electron chi connectivity index (χ4n) is 2.29. The molecule has 2 aromatic rings. The molecule has 1 N–H and O–H groups in total. The number of hydrogen-bond acceptors (Lipinski definition) is 4. The van der Waals surface area contributed by atoms with Gasteiger partial charge in [-0.15, -0.1) is 5.06 Å². The molecule has 1 aliphatic rings. The molecule has 0 fully saturated rings.